The van der Waals surface area contributed by atoms with Gasteiger partial charge in [-0.1, -0.05) is 44.7 Å². The summed E-state index contributed by atoms with van der Waals surface area (Å²) in [6.45, 7) is 4.11. The molecule has 138 valence electrons. The van der Waals surface area contributed by atoms with Gasteiger partial charge in [0.05, 0.1) is 17.4 Å². The molecule has 0 radical (unpaired) electrons. The highest BCUT2D eigenvalue weighted by Crippen LogP contribution is 2.32. The van der Waals surface area contributed by atoms with Crippen LogP contribution in [0.15, 0.2) is 36.0 Å². The van der Waals surface area contributed by atoms with Crippen molar-refractivity contribution in [2.45, 2.75) is 57.5 Å². The van der Waals surface area contributed by atoms with Gasteiger partial charge in [0.2, 0.25) is 0 Å². The minimum atomic E-state index is 0.329. The molecule has 0 bridgehead atoms. The zero-order chi connectivity index (χ0) is 17.5. The average molecular weight is 343 g/mol. The number of hydrogen-bond acceptors (Lipinski definition) is 4. The predicted molar refractivity (Wildman–Crippen MR) is 108 cm³/mol. The fourth-order valence-electron chi connectivity index (χ4n) is 3.93. The Bertz CT molecular complexity index is 563. The van der Waals surface area contributed by atoms with Gasteiger partial charge in [0, 0.05) is 19.1 Å². The smallest absolute Gasteiger partial charge is 0.0676 e. The molecule has 1 atom stereocenters. The van der Waals surface area contributed by atoms with E-state index in [1.165, 1.54) is 55.5 Å². The maximum absolute atomic E-state index is 3.68. The summed E-state index contributed by atoms with van der Waals surface area (Å²) in [6.07, 6.45) is 10.5. The highest BCUT2D eigenvalue weighted by Gasteiger charge is 2.28. The first-order valence-electron chi connectivity index (χ1n) is 9.99. The van der Waals surface area contributed by atoms with E-state index in [1.807, 2.05) is 7.05 Å². The maximum Gasteiger partial charge on any atom is 0.0676 e. The number of benzene rings is 1. The second kappa shape index (κ2) is 9.14. The van der Waals surface area contributed by atoms with Gasteiger partial charge in [-0.15, -0.1) is 0 Å². The largest absolute Gasteiger partial charge is 0.388 e. The van der Waals surface area contributed by atoms with Crippen LogP contribution < -0.4 is 21.3 Å². The van der Waals surface area contributed by atoms with Gasteiger partial charge in [-0.05, 0) is 49.7 Å². The van der Waals surface area contributed by atoms with Crippen LogP contribution in [0.4, 0.5) is 11.4 Å². The molecular weight excluding hydrogens is 308 g/mol. The molecule has 4 nitrogen and oxygen atoms in total. The summed E-state index contributed by atoms with van der Waals surface area (Å²) in [6, 6.07) is 9.44. The minimum absolute atomic E-state index is 0.329. The van der Waals surface area contributed by atoms with E-state index < -0.39 is 0 Å². The summed E-state index contributed by atoms with van der Waals surface area (Å²) in [4.78, 5) is 0. The van der Waals surface area contributed by atoms with Crippen molar-refractivity contribution >= 4 is 11.4 Å². The highest BCUT2D eigenvalue weighted by atomic mass is 15.1. The van der Waals surface area contributed by atoms with Crippen LogP contribution in [0.5, 0.6) is 0 Å². The molecule has 4 N–H and O–H groups in total. The van der Waals surface area contributed by atoms with Gasteiger partial charge < -0.3 is 21.3 Å². The van der Waals surface area contributed by atoms with Crippen LogP contribution in [0.2, 0.25) is 0 Å². The summed E-state index contributed by atoms with van der Waals surface area (Å²) in [7, 11) is 2.02. The van der Waals surface area contributed by atoms with Gasteiger partial charge in [0.25, 0.3) is 0 Å². The Kier molecular flexibility index (Phi) is 6.62. The van der Waals surface area contributed by atoms with Crippen molar-refractivity contribution in [3.05, 3.63) is 36.0 Å². The molecule has 1 aliphatic heterocycles. The fraction of sp³-hybridized carbons (Fsp3) is 0.619. The van der Waals surface area contributed by atoms with E-state index in [1.54, 1.807) is 0 Å². The summed E-state index contributed by atoms with van der Waals surface area (Å²) in [5.74, 6) is 0.951. The predicted octanol–water partition coefficient (Wildman–Crippen LogP) is 3.94. The quantitative estimate of drug-likeness (QED) is 0.513. The Hall–Kier alpha value is -1.68. The summed E-state index contributed by atoms with van der Waals surface area (Å²) in [5, 5.41) is 14.2. The van der Waals surface area contributed by atoms with Gasteiger partial charge >= 0.3 is 0 Å². The maximum atomic E-state index is 3.68. The summed E-state index contributed by atoms with van der Waals surface area (Å²) < 4.78 is 0. The lowest BCUT2D eigenvalue weighted by atomic mass is 9.77. The Morgan fingerprint density at radius 2 is 2.00 bits per heavy atom. The van der Waals surface area contributed by atoms with Gasteiger partial charge in [-0.3, -0.25) is 0 Å². The van der Waals surface area contributed by atoms with Crippen LogP contribution in [0.25, 0.3) is 0 Å². The normalized spacial score (nSPS) is 25.4. The van der Waals surface area contributed by atoms with Crippen LogP contribution in [-0.2, 0) is 0 Å². The summed E-state index contributed by atoms with van der Waals surface area (Å²) in [5.41, 5.74) is 3.78. The van der Waals surface area contributed by atoms with Gasteiger partial charge in [-0.2, -0.15) is 0 Å². The number of unbranched alkanes of at least 4 members (excludes halogenated alkanes) is 2. The van der Waals surface area contributed by atoms with E-state index in [-0.39, 0.29) is 0 Å². The molecule has 1 heterocycles. The lowest BCUT2D eigenvalue weighted by Gasteiger charge is -2.36. The van der Waals surface area contributed by atoms with Crippen molar-refractivity contribution in [1.82, 2.24) is 10.6 Å². The van der Waals surface area contributed by atoms with Crippen molar-refractivity contribution in [1.29, 1.82) is 0 Å². The van der Waals surface area contributed by atoms with Crippen LogP contribution in [0, 0.1) is 5.92 Å². The molecule has 3 rings (SSSR count). The first-order valence-corrected chi connectivity index (χ1v) is 9.99. The summed E-state index contributed by atoms with van der Waals surface area (Å²) >= 11 is 0. The van der Waals surface area contributed by atoms with Gasteiger partial charge in [0.15, 0.2) is 0 Å². The van der Waals surface area contributed by atoms with E-state index in [4.69, 9.17) is 0 Å². The van der Waals surface area contributed by atoms with Crippen molar-refractivity contribution in [3.63, 3.8) is 0 Å². The van der Waals surface area contributed by atoms with Crippen molar-refractivity contribution in [2.75, 3.05) is 30.8 Å². The van der Waals surface area contributed by atoms with E-state index in [0.717, 1.165) is 19.0 Å². The van der Waals surface area contributed by atoms with Crippen molar-refractivity contribution < 1.29 is 0 Å². The first kappa shape index (κ1) is 18.1. The third kappa shape index (κ3) is 4.91. The molecule has 1 aromatic carbocycles. The fourth-order valence-corrected chi connectivity index (χ4v) is 3.93. The number of hydrogen-bond donors (Lipinski definition) is 4. The number of likely N-dealkylation sites (N-methyl/N-ethyl adjacent to an activating group) is 1. The van der Waals surface area contributed by atoms with Crippen LogP contribution in [0.3, 0.4) is 0 Å². The molecule has 0 saturated heterocycles. The Balaban J connectivity index is 1.49. The number of rotatable bonds is 9. The molecule has 1 aromatic rings. The molecule has 25 heavy (non-hydrogen) atoms. The number of nitrogens with one attached hydrogen (secondary N) is 4. The standard InChI is InChI=1S/C21H34N4/c1-3-4-5-8-16-11-18(12-16)23-14-17(13-22-2)21-15-24-19-9-6-7-10-20(19)25-21/h6-7,9-10,14,16,18,21-25H,3-5,8,11-13,15H2,1-2H3/b17-14+. The third-order valence-electron chi connectivity index (χ3n) is 5.54. The molecule has 1 unspecified atom stereocenters. The number of anilines is 2. The second-order valence-electron chi connectivity index (χ2n) is 7.57. The third-order valence-corrected chi connectivity index (χ3v) is 5.54. The van der Waals surface area contributed by atoms with E-state index in [2.05, 4.69) is 58.7 Å². The minimum Gasteiger partial charge on any atom is -0.388 e. The van der Waals surface area contributed by atoms with Crippen molar-refractivity contribution in [2.24, 2.45) is 5.92 Å². The molecule has 0 aromatic heterocycles. The molecule has 1 aliphatic carbocycles. The average Bonchev–Trinajstić information content (AvgIpc) is 2.61. The van der Waals surface area contributed by atoms with Crippen LogP contribution >= 0.6 is 0 Å². The Morgan fingerprint density at radius 1 is 1.20 bits per heavy atom. The van der Waals surface area contributed by atoms with Crippen LogP contribution in [-0.4, -0.2) is 32.2 Å². The lowest BCUT2D eigenvalue weighted by Crippen LogP contribution is -2.41. The molecule has 2 aliphatic rings. The second-order valence-corrected chi connectivity index (χ2v) is 7.57. The lowest BCUT2D eigenvalue weighted by molar-refractivity contribution is 0.220. The van der Waals surface area contributed by atoms with Gasteiger partial charge in [-0.25, -0.2) is 0 Å². The number of para-hydroxylation sites is 2. The first-order chi connectivity index (χ1) is 12.3. The molecular formula is C21H34N4. The highest BCUT2D eigenvalue weighted by molar-refractivity contribution is 5.71. The molecule has 1 fully saturated rings. The van der Waals surface area contributed by atoms with E-state index in [9.17, 15) is 0 Å². The number of fused-ring (bicyclic) bond motifs is 1. The Morgan fingerprint density at radius 3 is 2.76 bits per heavy atom. The zero-order valence-electron chi connectivity index (χ0n) is 15.8. The zero-order valence-corrected chi connectivity index (χ0v) is 15.8. The van der Waals surface area contributed by atoms with Crippen molar-refractivity contribution in [3.8, 4) is 0 Å². The monoisotopic (exact) mass is 342 g/mol. The van der Waals surface area contributed by atoms with E-state index >= 15 is 0 Å². The molecule has 4 heteroatoms. The topological polar surface area (TPSA) is 48.1 Å². The molecule has 0 amide bonds. The Labute approximate surface area is 152 Å². The van der Waals surface area contributed by atoms with Crippen LogP contribution in [0.1, 0.15) is 45.4 Å². The molecule has 0 spiro atoms. The SMILES string of the molecule is CCCCCC1CC(N/C=C(\CNC)C2CNc3ccccc3N2)C1. The molecule has 1 saturated carbocycles. The van der Waals surface area contributed by atoms with E-state index in [0.29, 0.717) is 12.1 Å². The van der Waals surface area contributed by atoms with Gasteiger partial charge in [0.1, 0.15) is 0 Å².